The van der Waals surface area contributed by atoms with Gasteiger partial charge in [-0.15, -0.1) is 0 Å². The topological polar surface area (TPSA) is 32.5 Å². The Morgan fingerprint density at radius 3 is 2.75 bits per heavy atom. The maximum atomic E-state index is 5.85. The first-order chi connectivity index (χ1) is 9.69. The zero-order chi connectivity index (χ0) is 13.9. The fourth-order valence-electron chi connectivity index (χ4n) is 3.41. The first-order valence-corrected chi connectivity index (χ1v) is 7.94. The van der Waals surface area contributed by atoms with Crippen molar-refractivity contribution < 1.29 is 0 Å². The Morgan fingerprint density at radius 1 is 1.20 bits per heavy atom. The summed E-state index contributed by atoms with van der Waals surface area (Å²) in [4.78, 5) is 5.12. The van der Waals surface area contributed by atoms with Crippen molar-refractivity contribution in [3.8, 4) is 0 Å². The summed E-state index contributed by atoms with van der Waals surface area (Å²) < 4.78 is 0. The van der Waals surface area contributed by atoms with Crippen molar-refractivity contribution in [2.75, 3.05) is 39.0 Å². The molecule has 1 atom stereocenters. The average molecular weight is 273 g/mol. The quantitative estimate of drug-likeness (QED) is 0.808. The minimum Gasteiger partial charge on any atom is -0.399 e. The van der Waals surface area contributed by atoms with Gasteiger partial charge in [0, 0.05) is 31.9 Å². The van der Waals surface area contributed by atoms with E-state index < -0.39 is 0 Å². The van der Waals surface area contributed by atoms with E-state index >= 15 is 0 Å². The summed E-state index contributed by atoms with van der Waals surface area (Å²) in [7, 11) is 2.29. The number of rotatable bonds is 6. The van der Waals surface area contributed by atoms with E-state index in [1.54, 1.807) is 0 Å². The molecule has 1 aliphatic heterocycles. The number of anilines is 1. The average Bonchev–Trinajstić information content (AvgIpc) is 3.09. The van der Waals surface area contributed by atoms with Gasteiger partial charge in [-0.25, -0.2) is 0 Å². The monoisotopic (exact) mass is 273 g/mol. The van der Waals surface area contributed by atoms with Crippen LogP contribution in [-0.2, 0) is 6.54 Å². The first kappa shape index (κ1) is 13.9. The number of benzene rings is 1. The summed E-state index contributed by atoms with van der Waals surface area (Å²) in [6.45, 7) is 6.10. The van der Waals surface area contributed by atoms with Crippen LogP contribution in [0, 0.1) is 11.8 Å². The van der Waals surface area contributed by atoms with Gasteiger partial charge in [0.1, 0.15) is 0 Å². The van der Waals surface area contributed by atoms with Gasteiger partial charge in [0.15, 0.2) is 0 Å². The molecular formula is C17H27N3. The van der Waals surface area contributed by atoms with Crippen LogP contribution in [0.3, 0.4) is 0 Å². The van der Waals surface area contributed by atoms with Gasteiger partial charge in [0.2, 0.25) is 0 Å². The third-order valence-corrected chi connectivity index (χ3v) is 4.56. The predicted molar refractivity (Wildman–Crippen MR) is 84.5 cm³/mol. The highest BCUT2D eigenvalue weighted by Gasteiger charge is 2.27. The van der Waals surface area contributed by atoms with Crippen LogP contribution < -0.4 is 5.73 Å². The van der Waals surface area contributed by atoms with Crippen LogP contribution in [0.25, 0.3) is 0 Å². The van der Waals surface area contributed by atoms with Crippen LogP contribution in [0.1, 0.15) is 24.8 Å². The summed E-state index contributed by atoms with van der Waals surface area (Å²) in [6.07, 6.45) is 4.25. The highest BCUT2D eigenvalue weighted by atomic mass is 15.2. The van der Waals surface area contributed by atoms with Crippen LogP contribution >= 0.6 is 0 Å². The van der Waals surface area contributed by atoms with Crippen LogP contribution in [0.5, 0.6) is 0 Å². The molecule has 1 unspecified atom stereocenters. The molecule has 1 aromatic rings. The molecule has 2 N–H and O–H groups in total. The number of nitrogens with two attached hydrogens (primary N) is 1. The van der Waals surface area contributed by atoms with Crippen molar-refractivity contribution in [3.63, 3.8) is 0 Å². The van der Waals surface area contributed by atoms with Crippen LogP contribution in [0.15, 0.2) is 24.3 Å². The molecule has 3 nitrogen and oxygen atoms in total. The Hall–Kier alpha value is -1.06. The molecule has 1 heterocycles. The Kier molecular flexibility index (Phi) is 4.27. The second-order valence-corrected chi connectivity index (χ2v) is 6.80. The molecule has 1 aromatic carbocycles. The summed E-state index contributed by atoms with van der Waals surface area (Å²) in [5.74, 6) is 1.85. The minimum absolute atomic E-state index is 0.847. The fraction of sp³-hybridized carbons (Fsp3) is 0.647. The third-order valence-electron chi connectivity index (χ3n) is 4.56. The Labute approximate surface area is 122 Å². The van der Waals surface area contributed by atoms with E-state index in [-0.39, 0.29) is 0 Å². The lowest BCUT2D eigenvalue weighted by molar-refractivity contribution is 0.253. The zero-order valence-electron chi connectivity index (χ0n) is 12.6. The lowest BCUT2D eigenvalue weighted by Crippen LogP contribution is -2.29. The van der Waals surface area contributed by atoms with Gasteiger partial charge < -0.3 is 10.6 Å². The summed E-state index contributed by atoms with van der Waals surface area (Å²) in [5, 5.41) is 0. The van der Waals surface area contributed by atoms with E-state index in [9.17, 15) is 0 Å². The van der Waals surface area contributed by atoms with E-state index in [2.05, 4.69) is 35.0 Å². The third kappa shape index (κ3) is 3.97. The van der Waals surface area contributed by atoms with Gasteiger partial charge in [0.05, 0.1) is 0 Å². The van der Waals surface area contributed by atoms with Crippen LogP contribution in [0.2, 0.25) is 0 Å². The normalized spacial score (nSPS) is 23.6. The molecule has 0 amide bonds. The summed E-state index contributed by atoms with van der Waals surface area (Å²) in [6, 6.07) is 8.31. The minimum atomic E-state index is 0.847. The molecule has 1 aliphatic carbocycles. The Bertz CT molecular complexity index is 442. The molecule has 3 rings (SSSR count). The van der Waals surface area contributed by atoms with Crippen molar-refractivity contribution in [1.82, 2.24) is 9.80 Å². The van der Waals surface area contributed by atoms with Gasteiger partial charge in [-0.2, -0.15) is 0 Å². The van der Waals surface area contributed by atoms with Gasteiger partial charge in [-0.05, 0) is 62.4 Å². The lowest BCUT2D eigenvalue weighted by Gasteiger charge is -2.21. The van der Waals surface area contributed by atoms with Gasteiger partial charge >= 0.3 is 0 Å². The fourth-order valence-corrected chi connectivity index (χ4v) is 3.41. The van der Waals surface area contributed by atoms with Crippen molar-refractivity contribution >= 4 is 5.69 Å². The number of nitrogens with zero attached hydrogens (tertiary/aromatic N) is 2. The molecular weight excluding hydrogens is 246 g/mol. The maximum Gasteiger partial charge on any atom is 0.0317 e. The van der Waals surface area contributed by atoms with Crippen molar-refractivity contribution in [2.24, 2.45) is 11.8 Å². The van der Waals surface area contributed by atoms with Crippen molar-refractivity contribution in [2.45, 2.75) is 25.8 Å². The Balaban J connectivity index is 1.44. The van der Waals surface area contributed by atoms with Gasteiger partial charge in [0.25, 0.3) is 0 Å². The molecule has 0 spiro atoms. The maximum absolute atomic E-state index is 5.85. The molecule has 0 bridgehead atoms. The second kappa shape index (κ2) is 6.15. The van der Waals surface area contributed by atoms with Gasteiger partial charge in [-0.3, -0.25) is 4.90 Å². The molecule has 0 radical (unpaired) electrons. The molecule has 1 saturated carbocycles. The van der Waals surface area contributed by atoms with Crippen molar-refractivity contribution in [3.05, 3.63) is 29.8 Å². The highest BCUT2D eigenvalue weighted by molar-refractivity contribution is 5.40. The van der Waals surface area contributed by atoms with Crippen LogP contribution in [0.4, 0.5) is 5.69 Å². The number of hydrogen-bond donors (Lipinski definition) is 1. The number of hydrogen-bond acceptors (Lipinski definition) is 3. The zero-order valence-corrected chi connectivity index (χ0v) is 12.6. The smallest absolute Gasteiger partial charge is 0.0317 e. The Morgan fingerprint density at radius 2 is 2.00 bits per heavy atom. The molecule has 1 saturated heterocycles. The lowest BCUT2D eigenvalue weighted by atomic mass is 10.1. The van der Waals surface area contributed by atoms with Gasteiger partial charge in [-0.1, -0.05) is 12.1 Å². The summed E-state index contributed by atoms with van der Waals surface area (Å²) in [5.41, 5.74) is 8.07. The molecule has 0 aromatic heterocycles. The highest BCUT2D eigenvalue weighted by Crippen LogP contribution is 2.30. The van der Waals surface area contributed by atoms with Crippen LogP contribution in [-0.4, -0.2) is 43.0 Å². The molecule has 20 heavy (non-hydrogen) atoms. The SMILES string of the molecule is CN(CC1CC1)CC1CCN(Cc2cccc(N)c2)C1. The predicted octanol–water partition coefficient (Wildman–Crippen LogP) is 2.43. The standard InChI is InChI=1S/C17H27N3/c1-19(10-14-5-6-14)11-16-7-8-20(13-16)12-15-3-2-4-17(18)9-15/h2-4,9,14,16H,5-8,10-13,18H2,1H3. The summed E-state index contributed by atoms with van der Waals surface area (Å²) >= 11 is 0. The number of likely N-dealkylation sites (tertiary alicyclic amines) is 1. The van der Waals surface area contributed by atoms with E-state index in [1.165, 1.54) is 51.0 Å². The van der Waals surface area contributed by atoms with E-state index in [4.69, 9.17) is 5.73 Å². The van der Waals surface area contributed by atoms with E-state index in [0.717, 1.165) is 24.1 Å². The molecule has 110 valence electrons. The van der Waals surface area contributed by atoms with E-state index in [1.807, 2.05) is 6.07 Å². The second-order valence-electron chi connectivity index (χ2n) is 6.80. The van der Waals surface area contributed by atoms with Crippen molar-refractivity contribution in [1.29, 1.82) is 0 Å². The molecule has 2 aliphatic rings. The van der Waals surface area contributed by atoms with E-state index in [0.29, 0.717) is 0 Å². The first-order valence-electron chi connectivity index (χ1n) is 7.94. The largest absolute Gasteiger partial charge is 0.399 e. The number of nitrogen functional groups attached to an aromatic ring is 1. The molecule has 2 fully saturated rings. The molecule has 3 heteroatoms.